The van der Waals surface area contributed by atoms with Crippen molar-refractivity contribution >= 4 is 11.8 Å². The van der Waals surface area contributed by atoms with Crippen LogP contribution >= 0.6 is 11.8 Å². The van der Waals surface area contributed by atoms with Gasteiger partial charge < -0.3 is 11.5 Å². The minimum Gasteiger partial charge on any atom is -0.327 e. The van der Waals surface area contributed by atoms with Gasteiger partial charge in [0.25, 0.3) is 0 Å². The molecule has 2 unspecified atom stereocenters. The summed E-state index contributed by atoms with van der Waals surface area (Å²) in [6.45, 7) is 2.01. The number of hydrogen-bond donors (Lipinski definition) is 2. The Morgan fingerprint density at radius 1 is 1.14 bits per heavy atom. The molecule has 1 rings (SSSR count). The van der Waals surface area contributed by atoms with E-state index in [1.165, 1.54) is 5.56 Å². The van der Waals surface area contributed by atoms with Crippen molar-refractivity contribution in [2.24, 2.45) is 11.5 Å². The van der Waals surface area contributed by atoms with Crippen molar-refractivity contribution in [1.29, 1.82) is 0 Å². The van der Waals surface area contributed by atoms with Gasteiger partial charge in [-0.3, -0.25) is 0 Å². The van der Waals surface area contributed by atoms with E-state index >= 15 is 0 Å². The van der Waals surface area contributed by atoms with Gasteiger partial charge in [0.05, 0.1) is 0 Å². The first-order chi connectivity index (χ1) is 6.70. The second-order valence-corrected chi connectivity index (χ2v) is 4.61. The Morgan fingerprint density at radius 3 is 2.36 bits per heavy atom. The summed E-state index contributed by atoms with van der Waals surface area (Å²) in [5, 5.41) is 0. The van der Waals surface area contributed by atoms with Gasteiger partial charge in [0, 0.05) is 23.6 Å². The van der Waals surface area contributed by atoms with Crippen molar-refractivity contribution in [3.05, 3.63) is 35.9 Å². The Kier molecular flexibility index (Phi) is 5.01. The van der Waals surface area contributed by atoms with Crippen molar-refractivity contribution in [1.82, 2.24) is 0 Å². The van der Waals surface area contributed by atoms with Crippen LogP contribution in [0.1, 0.15) is 18.5 Å². The highest BCUT2D eigenvalue weighted by atomic mass is 32.2. The average Bonchev–Trinajstić information content (AvgIpc) is 2.18. The minimum atomic E-state index is 0.125. The van der Waals surface area contributed by atoms with Crippen LogP contribution in [0.4, 0.5) is 0 Å². The van der Waals surface area contributed by atoms with Crippen molar-refractivity contribution in [2.75, 3.05) is 11.5 Å². The molecule has 2 nitrogen and oxygen atoms in total. The summed E-state index contributed by atoms with van der Waals surface area (Å²) in [6.07, 6.45) is 0. The van der Waals surface area contributed by atoms with E-state index in [-0.39, 0.29) is 12.1 Å². The van der Waals surface area contributed by atoms with Gasteiger partial charge in [0.1, 0.15) is 0 Å². The highest BCUT2D eigenvalue weighted by Gasteiger charge is 2.05. The van der Waals surface area contributed by atoms with Crippen LogP contribution in [-0.2, 0) is 0 Å². The summed E-state index contributed by atoms with van der Waals surface area (Å²) >= 11 is 1.81. The molecule has 1 aromatic carbocycles. The molecule has 0 aliphatic rings. The fourth-order valence-corrected chi connectivity index (χ4v) is 2.13. The lowest BCUT2D eigenvalue weighted by Gasteiger charge is -2.12. The van der Waals surface area contributed by atoms with Crippen LogP contribution in [0, 0.1) is 0 Å². The smallest absolute Gasteiger partial charge is 0.0386 e. The molecule has 0 aromatic heterocycles. The Labute approximate surface area is 90.1 Å². The largest absolute Gasteiger partial charge is 0.327 e. The summed E-state index contributed by atoms with van der Waals surface area (Å²) in [5.41, 5.74) is 12.9. The molecule has 2 atom stereocenters. The maximum atomic E-state index is 6.02. The molecule has 78 valence electrons. The number of rotatable bonds is 5. The molecule has 4 N–H and O–H groups in total. The van der Waals surface area contributed by atoms with E-state index in [1.54, 1.807) is 0 Å². The third-order valence-electron chi connectivity index (χ3n) is 1.91. The number of thioether (sulfide) groups is 1. The van der Waals surface area contributed by atoms with Crippen LogP contribution in [0.3, 0.4) is 0 Å². The van der Waals surface area contributed by atoms with Crippen molar-refractivity contribution < 1.29 is 0 Å². The number of hydrogen-bond acceptors (Lipinski definition) is 3. The third kappa shape index (κ3) is 4.13. The second-order valence-electron chi connectivity index (χ2n) is 3.53. The standard InChI is InChI=1S/C11H18N2S/c1-9(12)7-14-8-11(13)10-5-3-2-4-6-10/h2-6,9,11H,7-8,12-13H2,1H3. The van der Waals surface area contributed by atoms with Crippen LogP contribution in [-0.4, -0.2) is 17.5 Å². The topological polar surface area (TPSA) is 52.0 Å². The molecule has 3 heteroatoms. The van der Waals surface area contributed by atoms with E-state index in [1.807, 2.05) is 36.9 Å². The predicted octanol–water partition coefficient (Wildman–Crippen LogP) is 1.77. The normalized spacial score (nSPS) is 15.1. The molecular formula is C11H18N2S. The SMILES string of the molecule is CC(N)CSCC(N)c1ccccc1. The summed E-state index contributed by atoms with van der Waals surface area (Å²) in [5.74, 6) is 1.91. The van der Waals surface area contributed by atoms with Gasteiger partial charge in [-0.1, -0.05) is 30.3 Å². The van der Waals surface area contributed by atoms with Gasteiger partial charge >= 0.3 is 0 Å². The second kappa shape index (κ2) is 6.06. The fourth-order valence-electron chi connectivity index (χ4n) is 1.18. The fraction of sp³-hybridized carbons (Fsp3) is 0.455. The van der Waals surface area contributed by atoms with Gasteiger partial charge in [-0.25, -0.2) is 0 Å². The van der Waals surface area contributed by atoms with Gasteiger partial charge in [-0.15, -0.1) is 0 Å². The maximum absolute atomic E-state index is 6.02. The lowest BCUT2D eigenvalue weighted by Crippen LogP contribution is -2.20. The van der Waals surface area contributed by atoms with E-state index in [4.69, 9.17) is 11.5 Å². The first-order valence-electron chi connectivity index (χ1n) is 4.84. The van der Waals surface area contributed by atoms with Crippen molar-refractivity contribution in [2.45, 2.75) is 19.0 Å². The molecule has 0 fully saturated rings. The lowest BCUT2D eigenvalue weighted by molar-refractivity contribution is 0.818. The molecule has 0 saturated carbocycles. The zero-order chi connectivity index (χ0) is 10.4. The molecule has 1 aromatic rings. The van der Waals surface area contributed by atoms with Gasteiger partial charge in [0.2, 0.25) is 0 Å². The number of nitrogens with two attached hydrogens (primary N) is 2. The lowest BCUT2D eigenvalue weighted by atomic mass is 10.1. The van der Waals surface area contributed by atoms with E-state index in [9.17, 15) is 0 Å². The molecule has 0 aliphatic heterocycles. The molecule has 0 heterocycles. The quantitative estimate of drug-likeness (QED) is 0.778. The highest BCUT2D eigenvalue weighted by Crippen LogP contribution is 2.15. The molecule has 0 spiro atoms. The van der Waals surface area contributed by atoms with Crippen LogP contribution in [0.15, 0.2) is 30.3 Å². The van der Waals surface area contributed by atoms with E-state index < -0.39 is 0 Å². The zero-order valence-corrected chi connectivity index (χ0v) is 9.34. The molecule has 0 bridgehead atoms. The van der Waals surface area contributed by atoms with Crippen LogP contribution in [0.5, 0.6) is 0 Å². The van der Waals surface area contributed by atoms with Gasteiger partial charge in [0.15, 0.2) is 0 Å². The van der Waals surface area contributed by atoms with Crippen LogP contribution < -0.4 is 11.5 Å². The molecule has 0 saturated heterocycles. The van der Waals surface area contributed by atoms with Crippen molar-refractivity contribution in [3.8, 4) is 0 Å². The minimum absolute atomic E-state index is 0.125. The molecular weight excluding hydrogens is 192 g/mol. The van der Waals surface area contributed by atoms with E-state index in [2.05, 4.69) is 12.1 Å². The van der Waals surface area contributed by atoms with Crippen LogP contribution in [0.2, 0.25) is 0 Å². The zero-order valence-electron chi connectivity index (χ0n) is 8.52. The summed E-state index contributed by atoms with van der Waals surface area (Å²) in [7, 11) is 0. The van der Waals surface area contributed by atoms with Gasteiger partial charge in [-0.2, -0.15) is 11.8 Å². The maximum Gasteiger partial charge on any atom is 0.0386 e. The van der Waals surface area contributed by atoms with Gasteiger partial charge in [-0.05, 0) is 12.5 Å². The van der Waals surface area contributed by atoms with E-state index in [0.717, 1.165) is 11.5 Å². The monoisotopic (exact) mass is 210 g/mol. The Morgan fingerprint density at radius 2 is 1.79 bits per heavy atom. The predicted molar refractivity (Wildman–Crippen MR) is 64.3 cm³/mol. The molecule has 0 amide bonds. The summed E-state index contributed by atoms with van der Waals surface area (Å²) in [6, 6.07) is 10.6. The van der Waals surface area contributed by atoms with Crippen LogP contribution in [0.25, 0.3) is 0 Å². The molecule has 0 radical (unpaired) electrons. The molecule has 14 heavy (non-hydrogen) atoms. The Balaban J connectivity index is 2.32. The van der Waals surface area contributed by atoms with Crippen molar-refractivity contribution in [3.63, 3.8) is 0 Å². The Bertz CT molecular complexity index is 249. The molecule has 0 aliphatic carbocycles. The summed E-state index contributed by atoms with van der Waals surface area (Å²) < 4.78 is 0. The third-order valence-corrected chi connectivity index (χ3v) is 3.26. The first kappa shape index (κ1) is 11.6. The average molecular weight is 210 g/mol. The number of benzene rings is 1. The highest BCUT2D eigenvalue weighted by molar-refractivity contribution is 7.99. The summed E-state index contributed by atoms with van der Waals surface area (Å²) in [4.78, 5) is 0. The van der Waals surface area contributed by atoms with E-state index in [0.29, 0.717) is 0 Å². The Hall–Kier alpha value is -0.510. The first-order valence-corrected chi connectivity index (χ1v) is 5.99.